The van der Waals surface area contributed by atoms with Crippen molar-refractivity contribution in [2.75, 3.05) is 23.0 Å². The molecule has 4 N–H and O–H groups in total. The minimum Gasteiger partial charge on any atom is -0.363 e. The van der Waals surface area contributed by atoms with Crippen molar-refractivity contribution in [1.82, 2.24) is 9.97 Å². The van der Waals surface area contributed by atoms with Crippen LogP contribution in [0.1, 0.15) is 0 Å². The summed E-state index contributed by atoms with van der Waals surface area (Å²) in [5.41, 5.74) is -2.86. The Morgan fingerprint density at radius 2 is 2.05 bits per heavy atom. The van der Waals surface area contributed by atoms with E-state index in [2.05, 4.69) is 15.3 Å². The molecular formula is C7H9F3N6O2S. The van der Waals surface area contributed by atoms with Crippen molar-refractivity contribution in [3.8, 4) is 0 Å². The number of hydrogen-bond donors (Lipinski definition) is 3. The smallest absolute Gasteiger partial charge is 0.363 e. The maximum Gasteiger partial charge on any atom is 0.441 e. The summed E-state index contributed by atoms with van der Waals surface area (Å²) in [4.78, 5) is 17.1. The fraction of sp³-hybridized carbons (Fsp3) is 0.429. The van der Waals surface area contributed by atoms with Crippen LogP contribution >= 0.6 is 11.8 Å². The van der Waals surface area contributed by atoms with Crippen molar-refractivity contribution in [1.29, 1.82) is 0 Å². The number of nitro groups is 1. The lowest BCUT2D eigenvalue weighted by molar-refractivity contribution is -0.383. The fourth-order valence-electron chi connectivity index (χ4n) is 1.12. The van der Waals surface area contributed by atoms with Gasteiger partial charge in [-0.1, -0.05) is 0 Å². The Hall–Kier alpha value is -1.82. The molecule has 0 aliphatic heterocycles. The van der Waals surface area contributed by atoms with Crippen molar-refractivity contribution >= 4 is 29.1 Å². The number of rotatable bonds is 6. The van der Waals surface area contributed by atoms with Gasteiger partial charge >= 0.3 is 11.2 Å². The van der Waals surface area contributed by atoms with E-state index in [1.807, 2.05) is 5.43 Å². The Bertz CT molecular complexity index is 457. The normalized spacial score (nSPS) is 11.2. The lowest BCUT2D eigenvalue weighted by atomic mass is 10.4. The molecule has 8 nitrogen and oxygen atoms in total. The van der Waals surface area contributed by atoms with Gasteiger partial charge in [-0.2, -0.15) is 13.2 Å². The molecule has 0 aliphatic rings. The third-order valence-corrected chi connectivity index (χ3v) is 2.54. The lowest BCUT2D eigenvalue weighted by Gasteiger charge is -2.08. The zero-order chi connectivity index (χ0) is 14.5. The number of hydrogen-bond acceptors (Lipinski definition) is 8. The molecule has 0 spiro atoms. The fourth-order valence-corrected chi connectivity index (χ4v) is 1.56. The molecule has 12 heteroatoms. The highest BCUT2D eigenvalue weighted by Gasteiger charge is 2.28. The van der Waals surface area contributed by atoms with E-state index in [4.69, 9.17) is 5.84 Å². The number of nitrogens with zero attached hydrogens (tertiary/aromatic N) is 3. The van der Waals surface area contributed by atoms with E-state index >= 15 is 0 Å². The average molecular weight is 298 g/mol. The van der Waals surface area contributed by atoms with Crippen molar-refractivity contribution < 1.29 is 18.1 Å². The summed E-state index contributed by atoms with van der Waals surface area (Å²) < 4.78 is 35.6. The molecule has 0 amide bonds. The highest BCUT2D eigenvalue weighted by Crippen LogP contribution is 2.31. The minimum atomic E-state index is -4.34. The summed E-state index contributed by atoms with van der Waals surface area (Å²) in [5, 5.41) is 13.2. The van der Waals surface area contributed by atoms with Crippen molar-refractivity contribution in [2.45, 2.75) is 5.51 Å². The third kappa shape index (κ3) is 4.75. The molecule has 0 radical (unpaired) electrons. The molecule has 1 aromatic heterocycles. The Morgan fingerprint density at radius 1 is 1.42 bits per heavy atom. The summed E-state index contributed by atoms with van der Waals surface area (Å²) in [5.74, 6) is 4.31. The quantitative estimate of drug-likeness (QED) is 0.311. The van der Waals surface area contributed by atoms with Gasteiger partial charge in [-0.05, 0) is 11.8 Å². The van der Waals surface area contributed by atoms with Crippen LogP contribution < -0.4 is 16.6 Å². The van der Waals surface area contributed by atoms with Crippen LogP contribution in [0.2, 0.25) is 0 Å². The van der Waals surface area contributed by atoms with Gasteiger partial charge in [-0.3, -0.25) is 10.1 Å². The summed E-state index contributed by atoms with van der Waals surface area (Å²) in [7, 11) is 0. The standard InChI is InChI=1S/C7H9F3N6O2S/c8-7(9,10)19-2-1-12-5-4(16(17)18)6(15-11)14-3-13-5/h3H,1-2,11H2,(H2,12,13,14,15). The molecule has 0 atom stereocenters. The SMILES string of the molecule is NNc1ncnc(NCCSC(F)(F)F)c1[N+](=O)[O-]. The van der Waals surface area contributed by atoms with Crippen molar-refractivity contribution in [3.63, 3.8) is 0 Å². The average Bonchev–Trinajstić information content (AvgIpc) is 2.32. The van der Waals surface area contributed by atoms with Crippen molar-refractivity contribution in [2.24, 2.45) is 5.84 Å². The number of anilines is 2. The molecule has 1 rings (SSSR count). The molecule has 0 aliphatic carbocycles. The second kappa shape index (κ2) is 6.38. The highest BCUT2D eigenvalue weighted by atomic mass is 32.2. The first-order valence-corrected chi connectivity index (χ1v) is 5.74. The molecular weight excluding hydrogens is 289 g/mol. The summed E-state index contributed by atoms with van der Waals surface area (Å²) in [6, 6.07) is 0. The van der Waals surface area contributed by atoms with Gasteiger partial charge in [0.05, 0.1) is 4.92 Å². The van der Waals surface area contributed by atoms with Crippen LogP contribution in [-0.2, 0) is 0 Å². The summed E-state index contributed by atoms with van der Waals surface area (Å²) in [6.45, 7) is -0.147. The number of thioether (sulfide) groups is 1. The summed E-state index contributed by atoms with van der Waals surface area (Å²) >= 11 is -0.239. The van der Waals surface area contributed by atoms with Crippen LogP contribution in [0.15, 0.2) is 6.33 Å². The molecule has 0 aromatic carbocycles. The molecule has 1 heterocycles. The van der Waals surface area contributed by atoms with Crippen LogP contribution in [0, 0.1) is 10.1 Å². The zero-order valence-corrected chi connectivity index (χ0v) is 10.1. The van der Waals surface area contributed by atoms with Crippen LogP contribution in [-0.4, -0.2) is 32.7 Å². The van der Waals surface area contributed by atoms with Gasteiger partial charge in [-0.15, -0.1) is 0 Å². The monoisotopic (exact) mass is 298 g/mol. The number of nitrogen functional groups attached to an aromatic ring is 1. The summed E-state index contributed by atoms with van der Waals surface area (Å²) in [6.07, 6.45) is 1.00. The largest absolute Gasteiger partial charge is 0.441 e. The molecule has 0 saturated carbocycles. The van der Waals surface area contributed by atoms with Crippen molar-refractivity contribution in [3.05, 3.63) is 16.4 Å². The maximum atomic E-state index is 11.9. The molecule has 19 heavy (non-hydrogen) atoms. The first-order valence-electron chi connectivity index (χ1n) is 4.75. The molecule has 0 bridgehead atoms. The van der Waals surface area contributed by atoms with Crippen LogP contribution in [0.4, 0.5) is 30.5 Å². The number of alkyl halides is 3. The Labute approximate surface area is 109 Å². The predicted octanol–water partition coefficient (Wildman–Crippen LogP) is 1.34. The number of aromatic nitrogens is 2. The van der Waals surface area contributed by atoms with E-state index in [1.165, 1.54) is 0 Å². The van der Waals surface area contributed by atoms with Crippen LogP contribution in [0.3, 0.4) is 0 Å². The third-order valence-electron chi connectivity index (χ3n) is 1.80. The van der Waals surface area contributed by atoms with E-state index in [0.717, 1.165) is 6.33 Å². The first-order chi connectivity index (χ1) is 8.85. The molecule has 0 unspecified atom stereocenters. The second-order valence-corrected chi connectivity index (χ2v) is 4.20. The van der Waals surface area contributed by atoms with Gasteiger partial charge in [0.15, 0.2) is 0 Å². The van der Waals surface area contributed by atoms with Gasteiger partial charge in [-0.25, -0.2) is 15.8 Å². The van der Waals surface area contributed by atoms with E-state index in [9.17, 15) is 23.3 Å². The molecule has 1 aromatic rings. The number of hydrazine groups is 1. The van der Waals surface area contributed by atoms with Gasteiger partial charge in [0, 0.05) is 12.3 Å². The number of nitrogens with two attached hydrogens (primary N) is 1. The van der Waals surface area contributed by atoms with Gasteiger partial charge < -0.3 is 10.7 Å². The van der Waals surface area contributed by atoms with E-state index in [1.54, 1.807) is 0 Å². The van der Waals surface area contributed by atoms with Crippen LogP contribution in [0.25, 0.3) is 0 Å². The lowest BCUT2D eigenvalue weighted by Crippen LogP contribution is -2.15. The topological polar surface area (TPSA) is 119 Å². The zero-order valence-electron chi connectivity index (χ0n) is 9.27. The molecule has 0 fully saturated rings. The minimum absolute atomic E-state index is 0.147. The van der Waals surface area contributed by atoms with E-state index in [-0.39, 0.29) is 35.7 Å². The Morgan fingerprint density at radius 3 is 2.58 bits per heavy atom. The van der Waals surface area contributed by atoms with Crippen LogP contribution in [0.5, 0.6) is 0 Å². The Balaban J connectivity index is 2.70. The number of halogens is 3. The van der Waals surface area contributed by atoms with Gasteiger partial charge in [0.25, 0.3) is 0 Å². The highest BCUT2D eigenvalue weighted by molar-refractivity contribution is 8.00. The Kier molecular flexibility index (Phi) is 5.11. The first kappa shape index (κ1) is 15.2. The van der Waals surface area contributed by atoms with Gasteiger partial charge in [0.2, 0.25) is 11.6 Å². The maximum absolute atomic E-state index is 11.9. The molecule has 0 saturated heterocycles. The van der Waals surface area contributed by atoms with Gasteiger partial charge in [0.1, 0.15) is 6.33 Å². The number of nitrogens with one attached hydrogen (secondary N) is 2. The second-order valence-electron chi connectivity index (χ2n) is 3.04. The molecule has 106 valence electrons. The van der Waals surface area contributed by atoms with E-state index < -0.39 is 16.1 Å². The predicted molar refractivity (Wildman–Crippen MR) is 63.5 cm³/mol. The van der Waals surface area contributed by atoms with E-state index in [0.29, 0.717) is 0 Å².